The third-order valence-corrected chi connectivity index (χ3v) is 4.59. The van der Waals surface area contributed by atoms with Crippen molar-refractivity contribution in [2.24, 2.45) is 0 Å². The number of rotatable bonds is 4. The summed E-state index contributed by atoms with van der Waals surface area (Å²) in [5, 5.41) is 9.53. The Morgan fingerprint density at radius 1 is 0.955 bits per heavy atom. The zero-order chi connectivity index (χ0) is 15.6. The minimum absolute atomic E-state index is 0.212. The van der Waals surface area contributed by atoms with Crippen molar-refractivity contribution in [1.82, 2.24) is 9.80 Å². The van der Waals surface area contributed by atoms with Gasteiger partial charge in [-0.3, -0.25) is 9.80 Å². The summed E-state index contributed by atoms with van der Waals surface area (Å²) in [6.07, 6.45) is 0. The molecule has 0 aromatic heterocycles. The van der Waals surface area contributed by atoms with Gasteiger partial charge < -0.3 is 0 Å². The van der Waals surface area contributed by atoms with Crippen molar-refractivity contribution in [3.8, 4) is 6.07 Å². The van der Waals surface area contributed by atoms with E-state index in [1.165, 1.54) is 11.1 Å². The van der Waals surface area contributed by atoms with E-state index < -0.39 is 0 Å². The Kier molecular flexibility index (Phi) is 3.98. The molecule has 0 amide bonds. The van der Waals surface area contributed by atoms with Gasteiger partial charge in [0.25, 0.3) is 0 Å². The lowest BCUT2D eigenvalue weighted by atomic mass is 9.85. The smallest absolute Gasteiger partial charge is 0.134 e. The molecule has 22 heavy (non-hydrogen) atoms. The highest BCUT2D eigenvalue weighted by molar-refractivity contribution is 5.34. The highest BCUT2D eigenvalue weighted by Crippen LogP contribution is 2.37. The van der Waals surface area contributed by atoms with Gasteiger partial charge >= 0.3 is 0 Å². The van der Waals surface area contributed by atoms with E-state index in [2.05, 4.69) is 59.5 Å². The SMILES string of the molecule is CN(C)C1(C#N)CN(C(c2ccccc2)c2ccccc2)C1. The third kappa shape index (κ3) is 2.52. The first-order valence-corrected chi connectivity index (χ1v) is 7.59. The van der Waals surface area contributed by atoms with E-state index in [-0.39, 0.29) is 11.6 Å². The summed E-state index contributed by atoms with van der Waals surface area (Å²) >= 11 is 0. The highest BCUT2D eigenvalue weighted by atomic mass is 15.3. The van der Waals surface area contributed by atoms with Crippen LogP contribution < -0.4 is 0 Å². The Morgan fingerprint density at radius 3 is 1.77 bits per heavy atom. The molecule has 1 fully saturated rings. The van der Waals surface area contributed by atoms with Crippen LogP contribution in [-0.4, -0.2) is 42.5 Å². The summed E-state index contributed by atoms with van der Waals surface area (Å²) < 4.78 is 0. The van der Waals surface area contributed by atoms with Crippen molar-refractivity contribution >= 4 is 0 Å². The van der Waals surface area contributed by atoms with Crippen LogP contribution in [0, 0.1) is 11.3 Å². The Hall–Kier alpha value is -2.15. The maximum absolute atomic E-state index is 9.53. The second kappa shape index (κ2) is 5.92. The van der Waals surface area contributed by atoms with Crippen molar-refractivity contribution in [1.29, 1.82) is 5.26 Å². The summed E-state index contributed by atoms with van der Waals surface area (Å²) in [5.74, 6) is 0. The molecular weight excluding hydrogens is 270 g/mol. The van der Waals surface area contributed by atoms with Crippen LogP contribution in [0.1, 0.15) is 17.2 Å². The van der Waals surface area contributed by atoms with Crippen LogP contribution in [0.15, 0.2) is 60.7 Å². The zero-order valence-electron chi connectivity index (χ0n) is 13.1. The van der Waals surface area contributed by atoms with Crippen molar-refractivity contribution < 1.29 is 0 Å². The number of nitriles is 1. The maximum atomic E-state index is 9.53. The molecule has 0 radical (unpaired) electrons. The number of likely N-dealkylation sites (tertiary alicyclic amines) is 1. The lowest BCUT2D eigenvalue weighted by Gasteiger charge is -2.52. The molecule has 0 N–H and O–H groups in total. The molecule has 0 saturated carbocycles. The lowest BCUT2D eigenvalue weighted by Crippen LogP contribution is -2.68. The molecule has 2 aromatic rings. The fourth-order valence-electron chi connectivity index (χ4n) is 3.15. The molecule has 2 aromatic carbocycles. The molecule has 0 aliphatic carbocycles. The number of hydrogen-bond acceptors (Lipinski definition) is 3. The molecule has 0 spiro atoms. The molecule has 0 atom stereocenters. The fourth-order valence-corrected chi connectivity index (χ4v) is 3.15. The maximum Gasteiger partial charge on any atom is 0.134 e. The predicted octanol–water partition coefficient (Wildman–Crippen LogP) is 2.92. The number of hydrogen-bond donors (Lipinski definition) is 0. The van der Waals surface area contributed by atoms with Crippen molar-refractivity contribution in [3.63, 3.8) is 0 Å². The molecule has 3 rings (SSSR count). The van der Waals surface area contributed by atoms with Gasteiger partial charge in [-0.2, -0.15) is 5.26 Å². The van der Waals surface area contributed by atoms with Crippen LogP contribution in [0.25, 0.3) is 0 Å². The molecule has 112 valence electrons. The molecule has 3 heteroatoms. The van der Waals surface area contributed by atoms with E-state index in [4.69, 9.17) is 0 Å². The Morgan fingerprint density at radius 2 is 1.41 bits per heavy atom. The van der Waals surface area contributed by atoms with Gasteiger partial charge in [0.15, 0.2) is 0 Å². The topological polar surface area (TPSA) is 30.3 Å². The van der Waals surface area contributed by atoms with Gasteiger partial charge in [-0.15, -0.1) is 0 Å². The van der Waals surface area contributed by atoms with E-state index >= 15 is 0 Å². The molecule has 1 aliphatic rings. The standard InChI is InChI=1S/C19H21N3/c1-21(2)19(13-20)14-22(15-19)18(16-9-5-3-6-10-16)17-11-7-4-8-12-17/h3-12,18H,14-15H2,1-2H3. The number of benzene rings is 2. The lowest BCUT2D eigenvalue weighted by molar-refractivity contribution is -0.00837. The molecule has 1 aliphatic heterocycles. The van der Waals surface area contributed by atoms with Crippen molar-refractivity contribution in [2.45, 2.75) is 11.6 Å². The Bertz CT molecular complexity index is 613. The van der Waals surface area contributed by atoms with Gasteiger partial charge in [0, 0.05) is 13.1 Å². The average molecular weight is 291 g/mol. The molecule has 0 bridgehead atoms. The largest absolute Gasteiger partial charge is 0.290 e. The van der Waals surface area contributed by atoms with Crippen LogP contribution in [0.4, 0.5) is 0 Å². The number of likely N-dealkylation sites (N-methyl/N-ethyl adjacent to an activating group) is 1. The zero-order valence-corrected chi connectivity index (χ0v) is 13.1. The van der Waals surface area contributed by atoms with Gasteiger partial charge in [-0.1, -0.05) is 60.7 Å². The minimum Gasteiger partial charge on any atom is -0.290 e. The first-order valence-electron chi connectivity index (χ1n) is 7.59. The van der Waals surface area contributed by atoms with Crippen LogP contribution >= 0.6 is 0 Å². The van der Waals surface area contributed by atoms with Crippen LogP contribution in [-0.2, 0) is 0 Å². The van der Waals surface area contributed by atoms with Gasteiger partial charge in [-0.25, -0.2) is 0 Å². The van der Waals surface area contributed by atoms with E-state index in [0.29, 0.717) is 0 Å². The first kappa shape index (κ1) is 14.8. The number of nitrogens with zero attached hydrogens (tertiary/aromatic N) is 3. The quantitative estimate of drug-likeness (QED) is 0.867. The van der Waals surface area contributed by atoms with Gasteiger partial charge in [0.05, 0.1) is 12.1 Å². The molecule has 3 nitrogen and oxygen atoms in total. The molecule has 0 unspecified atom stereocenters. The summed E-state index contributed by atoms with van der Waals surface area (Å²) in [6, 6.07) is 23.8. The normalized spacial score (nSPS) is 17.2. The second-order valence-corrected chi connectivity index (χ2v) is 6.17. The summed E-state index contributed by atoms with van der Waals surface area (Å²) in [4.78, 5) is 4.42. The highest BCUT2D eigenvalue weighted by Gasteiger charge is 2.48. The van der Waals surface area contributed by atoms with Gasteiger partial charge in [-0.05, 0) is 25.2 Å². The van der Waals surface area contributed by atoms with E-state index in [9.17, 15) is 5.26 Å². The molecule has 1 heterocycles. The monoisotopic (exact) mass is 291 g/mol. The second-order valence-electron chi connectivity index (χ2n) is 6.17. The molecule has 1 saturated heterocycles. The van der Waals surface area contributed by atoms with E-state index in [0.717, 1.165) is 13.1 Å². The van der Waals surface area contributed by atoms with Crippen LogP contribution in [0.2, 0.25) is 0 Å². The first-order chi connectivity index (χ1) is 10.7. The third-order valence-electron chi connectivity index (χ3n) is 4.59. The van der Waals surface area contributed by atoms with Crippen LogP contribution in [0.5, 0.6) is 0 Å². The Balaban J connectivity index is 1.91. The van der Waals surface area contributed by atoms with E-state index in [1.807, 2.05) is 31.1 Å². The summed E-state index contributed by atoms with van der Waals surface area (Å²) in [6.45, 7) is 1.54. The van der Waals surface area contributed by atoms with Gasteiger partial charge in [0.1, 0.15) is 5.54 Å². The predicted molar refractivity (Wildman–Crippen MR) is 88.3 cm³/mol. The van der Waals surface area contributed by atoms with Crippen molar-refractivity contribution in [3.05, 3.63) is 71.8 Å². The summed E-state index contributed by atoms with van der Waals surface area (Å²) in [7, 11) is 3.97. The van der Waals surface area contributed by atoms with E-state index in [1.54, 1.807) is 0 Å². The average Bonchev–Trinajstić information content (AvgIpc) is 2.52. The molecular formula is C19H21N3. The fraction of sp³-hybridized carbons (Fsp3) is 0.316. The van der Waals surface area contributed by atoms with Crippen molar-refractivity contribution in [2.75, 3.05) is 27.2 Å². The Labute approximate surface area is 132 Å². The van der Waals surface area contributed by atoms with Gasteiger partial charge in [0.2, 0.25) is 0 Å². The summed E-state index contributed by atoms with van der Waals surface area (Å²) in [5.41, 5.74) is 2.19. The minimum atomic E-state index is -0.359. The van der Waals surface area contributed by atoms with Crippen LogP contribution in [0.3, 0.4) is 0 Å².